The van der Waals surface area contributed by atoms with E-state index in [0.29, 0.717) is 23.1 Å². The van der Waals surface area contributed by atoms with Crippen LogP contribution in [0.2, 0.25) is 0 Å². The normalized spacial score (nSPS) is 18.9. The van der Waals surface area contributed by atoms with Crippen molar-refractivity contribution < 1.29 is 0 Å². The Morgan fingerprint density at radius 2 is 1.42 bits per heavy atom. The fourth-order valence-corrected chi connectivity index (χ4v) is 8.18. The van der Waals surface area contributed by atoms with Gasteiger partial charge in [-0.25, -0.2) is 0 Å². The zero-order valence-electron chi connectivity index (χ0n) is 27.0. The zero-order chi connectivity index (χ0) is 33.8. The molecule has 234 valence electrons. The van der Waals surface area contributed by atoms with Crippen LogP contribution >= 0.6 is 0 Å². The lowest BCUT2D eigenvalue weighted by molar-refractivity contribution is 0.744. The van der Waals surface area contributed by atoms with Gasteiger partial charge in [-0.2, -0.15) is 15.8 Å². The number of aromatic nitrogens is 1. The van der Waals surface area contributed by atoms with Crippen LogP contribution in [0, 0.1) is 34.0 Å². The van der Waals surface area contributed by atoms with Crippen LogP contribution < -0.4 is 4.90 Å². The lowest BCUT2D eigenvalue weighted by Gasteiger charge is -2.29. The highest BCUT2D eigenvalue weighted by molar-refractivity contribution is 6.09. The molecular formula is C45H29N5. The Balaban J connectivity index is 1.19. The molecule has 5 aromatic carbocycles. The van der Waals surface area contributed by atoms with Crippen LogP contribution in [-0.4, -0.2) is 10.6 Å². The lowest BCUT2D eigenvalue weighted by Crippen LogP contribution is -2.28. The maximum atomic E-state index is 10.4. The first-order valence-electron chi connectivity index (χ1n) is 16.8. The number of rotatable bonds is 4. The summed E-state index contributed by atoms with van der Waals surface area (Å²) in [6.07, 6.45) is 13.5. The van der Waals surface area contributed by atoms with E-state index < -0.39 is 0 Å². The highest BCUT2D eigenvalue weighted by atomic mass is 15.2. The van der Waals surface area contributed by atoms with Crippen molar-refractivity contribution in [3.8, 4) is 23.9 Å². The molecule has 5 nitrogen and oxygen atoms in total. The first kappa shape index (κ1) is 29.3. The van der Waals surface area contributed by atoms with Crippen molar-refractivity contribution in [2.75, 3.05) is 4.90 Å². The molecule has 0 fully saturated rings. The van der Waals surface area contributed by atoms with Crippen LogP contribution in [0.25, 0.3) is 33.1 Å². The van der Waals surface area contributed by atoms with Gasteiger partial charge in [0, 0.05) is 34.0 Å². The minimum Gasteiger partial charge on any atom is -0.333 e. The smallest absolute Gasteiger partial charge is 0.101 e. The summed E-state index contributed by atoms with van der Waals surface area (Å²) in [5, 5.41) is 32.8. The third-order valence-corrected chi connectivity index (χ3v) is 10.4. The molecule has 1 aliphatic heterocycles. The third-order valence-electron chi connectivity index (χ3n) is 10.4. The molecule has 3 aliphatic rings. The Morgan fingerprint density at radius 3 is 2.18 bits per heavy atom. The quantitative estimate of drug-likeness (QED) is 0.192. The summed E-state index contributed by atoms with van der Waals surface area (Å²) < 4.78 is 2.24. The van der Waals surface area contributed by atoms with Crippen LogP contribution in [0.4, 0.5) is 11.4 Å². The van der Waals surface area contributed by atoms with Crippen molar-refractivity contribution in [3.05, 3.63) is 179 Å². The molecule has 0 bridgehead atoms. The first-order valence-corrected chi connectivity index (χ1v) is 16.8. The fraction of sp³-hybridized carbons (Fsp3) is 0.0889. The molecule has 1 aromatic heterocycles. The molecule has 5 heteroatoms. The molecule has 9 rings (SSSR count). The van der Waals surface area contributed by atoms with E-state index in [-0.39, 0.29) is 17.9 Å². The Bertz CT molecular complexity index is 2590. The number of hydrogen-bond donors (Lipinski definition) is 0. The van der Waals surface area contributed by atoms with E-state index in [1.807, 2.05) is 48.5 Å². The molecule has 0 N–H and O–H groups in total. The summed E-state index contributed by atoms with van der Waals surface area (Å²) in [6, 6.07) is 44.4. The van der Waals surface area contributed by atoms with E-state index in [1.165, 1.54) is 5.56 Å². The van der Waals surface area contributed by atoms with Gasteiger partial charge < -0.3 is 9.47 Å². The predicted octanol–water partition coefficient (Wildman–Crippen LogP) is 10.3. The number of allylic oxidation sites excluding steroid dienone is 6. The minimum atomic E-state index is -0.0736. The fourth-order valence-electron chi connectivity index (χ4n) is 8.18. The number of nitrogens with zero attached hydrogens (tertiary/aromatic N) is 5. The van der Waals surface area contributed by atoms with Crippen LogP contribution in [-0.2, 0) is 0 Å². The SMILES string of the molecule is N#CC1=CCC(c2cccc(C#N)c2-n2c3ccccc3c3ccccc32)C=C1c1cccc(N2c3cc(C#N)ccc3C3C=CC=CC32)c1. The Hall–Kier alpha value is -6.87. The third kappa shape index (κ3) is 4.44. The van der Waals surface area contributed by atoms with Crippen molar-refractivity contribution in [1.82, 2.24) is 4.57 Å². The van der Waals surface area contributed by atoms with E-state index >= 15 is 0 Å². The summed E-state index contributed by atoms with van der Waals surface area (Å²) in [7, 11) is 0. The zero-order valence-corrected chi connectivity index (χ0v) is 27.0. The van der Waals surface area contributed by atoms with Crippen LogP contribution in [0.3, 0.4) is 0 Å². The van der Waals surface area contributed by atoms with Crippen LogP contribution in [0.5, 0.6) is 0 Å². The minimum absolute atomic E-state index is 0.0736. The molecule has 2 aliphatic carbocycles. The Labute approximate surface area is 290 Å². The van der Waals surface area contributed by atoms with Crippen molar-refractivity contribution in [3.63, 3.8) is 0 Å². The van der Waals surface area contributed by atoms with Gasteiger partial charge in [-0.1, -0.05) is 103 Å². The van der Waals surface area contributed by atoms with Gasteiger partial charge in [-0.15, -0.1) is 0 Å². The molecule has 0 spiro atoms. The van der Waals surface area contributed by atoms with E-state index in [0.717, 1.165) is 55.6 Å². The second kappa shape index (κ2) is 11.7. The van der Waals surface area contributed by atoms with Crippen LogP contribution in [0.15, 0.2) is 151 Å². The van der Waals surface area contributed by atoms with Crippen molar-refractivity contribution in [2.24, 2.45) is 0 Å². The monoisotopic (exact) mass is 639 g/mol. The van der Waals surface area contributed by atoms with Gasteiger partial charge >= 0.3 is 0 Å². The molecular weight excluding hydrogens is 611 g/mol. The number of anilines is 2. The van der Waals surface area contributed by atoms with Crippen molar-refractivity contribution in [2.45, 2.75) is 24.3 Å². The van der Waals surface area contributed by atoms with E-state index in [1.54, 1.807) is 0 Å². The first-order chi connectivity index (χ1) is 24.7. The summed E-state index contributed by atoms with van der Waals surface area (Å²) in [5.74, 6) is 0.112. The molecule has 0 saturated heterocycles. The van der Waals surface area contributed by atoms with Gasteiger partial charge in [-0.3, -0.25) is 0 Å². The number of fused-ring (bicyclic) bond motifs is 6. The second-order valence-corrected chi connectivity index (χ2v) is 13.0. The molecule has 0 radical (unpaired) electrons. The van der Waals surface area contributed by atoms with Gasteiger partial charge in [-0.05, 0) is 71.1 Å². The summed E-state index contributed by atoms with van der Waals surface area (Å²) in [6.45, 7) is 0. The maximum Gasteiger partial charge on any atom is 0.101 e. The average Bonchev–Trinajstić information content (AvgIpc) is 3.69. The van der Waals surface area contributed by atoms with E-state index in [4.69, 9.17) is 0 Å². The van der Waals surface area contributed by atoms with Gasteiger partial charge in [0.05, 0.1) is 51.6 Å². The number of nitriles is 3. The molecule has 0 amide bonds. The van der Waals surface area contributed by atoms with Crippen LogP contribution in [0.1, 0.15) is 46.1 Å². The van der Waals surface area contributed by atoms with Gasteiger partial charge in [0.2, 0.25) is 0 Å². The largest absolute Gasteiger partial charge is 0.333 e. The standard InChI is InChI=1S/C45H29N5/c46-26-29-19-22-39-38-14-1-4-16-41(38)49(44(39)23-29)34-11-7-9-30(24-34)40-25-31(20-21-32(40)27-47)35-15-8-10-33(28-48)45(35)50-42-17-5-2-12-36(42)37-13-3-6-18-43(37)50/h1-19,21-25,31,38,41H,20H2. The predicted molar refractivity (Wildman–Crippen MR) is 199 cm³/mol. The molecule has 50 heavy (non-hydrogen) atoms. The summed E-state index contributed by atoms with van der Waals surface area (Å²) in [5.41, 5.74) is 10.9. The Kier molecular flexibility index (Phi) is 6.84. The highest BCUT2D eigenvalue weighted by Gasteiger charge is 2.37. The lowest BCUT2D eigenvalue weighted by atomic mass is 9.82. The van der Waals surface area contributed by atoms with Gasteiger partial charge in [0.15, 0.2) is 0 Å². The number of benzene rings is 5. The second-order valence-electron chi connectivity index (χ2n) is 13.0. The molecule has 3 unspecified atom stereocenters. The summed E-state index contributed by atoms with van der Waals surface area (Å²) in [4.78, 5) is 2.32. The molecule has 6 aromatic rings. The molecule has 2 heterocycles. The highest BCUT2D eigenvalue weighted by Crippen LogP contribution is 2.49. The number of hydrogen-bond acceptors (Lipinski definition) is 4. The Morgan fingerprint density at radius 1 is 0.660 bits per heavy atom. The molecule has 0 saturated carbocycles. The molecule has 3 atom stereocenters. The average molecular weight is 640 g/mol. The summed E-state index contributed by atoms with van der Waals surface area (Å²) >= 11 is 0. The topological polar surface area (TPSA) is 79.5 Å². The number of para-hydroxylation sites is 3. The van der Waals surface area contributed by atoms with Crippen molar-refractivity contribution >= 4 is 38.8 Å². The van der Waals surface area contributed by atoms with E-state index in [9.17, 15) is 15.8 Å². The maximum absolute atomic E-state index is 10.4. The van der Waals surface area contributed by atoms with Gasteiger partial charge in [0.25, 0.3) is 0 Å². The van der Waals surface area contributed by atoms with Crippen molar-refractivity contribution in [1.29, 1.82) is 15.8 Å². The van der Waals surface area contributed by atoms with Gasteiger partial charge in [0.1, 0.15) is 6.07 Å². The van der Waals surface area contributed by atoms with E-state index in [2.05, 4.69) is 125 Å².